The number of hydrogen-bond acceptors (Lipinski definition) is 4. The van der Waals surface area contributed by atoms with E-state index in [1.54, 1.807) is 13.0 Å². The first-order chi connectivity index (χ1) is 12.7. The van der Waals surface area contributed by atoms with E-state index in [1.807, 2.05) is 19.1 Å². The predicted octanol–water partition coefficient (Wildman–Crippen LogP) is 3.18. The van der Waals surface area contributed by atoms with Gasteiger partial charge in [0, 0.05) is 12.6 Å². The first-order valence-corrected chi connectivity index (χ1v) is 8.07. The number of alkyl halides is 3. The number of hydrogen-bond donors (Lipinski definition) is 0. The molecule has 0 N–H and O–H groups in total. The molecule has 2 aromatic carbocycles. The molecule has 0 saturated carbocycles. The van der Waals surface area contributed by atoms with Crippen LogP contribution in [-0.2, 0) is 19.8 Å². The van der Waals surface area contributed by atoms with Gasteiger partial charge in [-0.1, -0.05) is 18.2 Å². The maximum atomic E-state index is 13.5. The van der Waals surface area contributed by atoms with Gasteiger partial charge in [0.2, 0.25) is 0 Å². The molecule has 9 heteroatoms. The van der Waals surface area contributed by atoms with Crippen LogP contribution in [0.2, 0.25) is 0 Å². The molecule has 0 aliphatic heterocycles. The van der Waals surface area contributed by atoms with Gasteiger partial charge in [0.15, 0.2) is 0 Å². The van der Waals surface area contributed by atoms with E-state index in [0.717, 1.165) is 26.6 Å². The zero-order valence-corrected chi connectivity index (χ0v) is 14.9. The minimum absolute atomic E-state index is 0.0202. The number of rotatable bonds is 4. The van der Waals surface area contributed by atoms with Gasteiger partial charge in [-0.15, -0.1) is 0 Å². The third-order valence-electron chi connectivity index (χ3n) is 4.12. The van der Waals surface area contributed by atoms with Crippen molar-refractivity contribution in [3.8, 4) is 11.4 Å². The number of aromatic nitrogens is 4. The second-order valence-electron chi connectivity index (χ2n) is 6.16. The Bertz CT molecular complexity index is 1040. The molecular weight excluding hydrogens is 361 g/mol. The molecule has 6 nitrogen and oxygen atoms in total. The fourth-order valence-electron chi connectivity index (χ4n) is 2.67. The standard InChI is InChI=1S/C18H17F3N4O2/c1-11-7-8-12(2)16(9-11)27-10-13-14(18(19,20)21)5-4-6-15(13)25-17(26)24(3)22-23-25/h4-9H,10H2,1-3H3. The van der Waals surface area contributed by atoms with E-state index in [4.69, 9.17) is 4.74 Å². The molecule has 142 valence electrons. The zero-order chi connectivity index (χ0) is 19.8. The van der Waals surface area contributed by atoms with Gasteiger partial charge in [-0.25, -0.2) is 4.79 Å². The highest BCUT2D eigenvalue weighted by molar-refractivity contribution is 5.47. The van der Waals surface area contributed by atoms with E-state index in [1.165, 1.54) is 19.2 Å². The summed E-state index contributed by atoms with van der Waals surface area (Å²) in [6, 6.07) is 9.02. The van der Waals surface area contributed by atoms with Crippen molar-refractivity contribution in [2.45, 2.75) is 26.6 Å². The highest BCUT2D eigenvalue weighted by Crippen LogP contribution is 2.35. The molecule has 0 atom stereocenters. The lowest BCUT2D eigenvalue weighted by Gasteiger charge is -2.17. The molecule has 0 unspecified atom stereocenters. The van der Waals surface area contributed by atoms with Crippen molar-refractivity contribution in [1.29, 1.82) is 0 Å². The number of aryl methyl sites for hydroxylation is 3. The minimum atomic E-state index is -4.61. The van der Waals surface area contributed by atoms with Gasteiger partial charge in [-0.3, -0.25) is 0 Å². The topological polar surface area (TPSA) is 61.9 Å². The maximum Gasteiger partial charge on any atom is 0.416 e. The molecule has 0 aliphatic rings. The summed E-state index contributed by atoms with van der Waals surface area (Å²) in [6.45, 7) is 3.29. The number of tetrazole rings is 1. The minimum Gasteiger partial charge on any atom is -0.489 e. The molecule has 0 bridgehead atoms. The molecule has 0 radical (unpaired) electrons. The Labute approximate surface area is 152 Å². The SMILES string of the molecule is Cc1ccc(C)c(OCc2c(-n3nnn(C)c3=O)cccc2C(F)(F)F)c1. The summed E-state index contributed by atoms with van der Waals surface area (Å²) in [5.41, 5.74) is -0.0275. The summed E-state index contributed by atoms with van der Waals surface area (Å²) in [6.07, 6.45) is -4.61. The lowest BCUT2D eigenvalue weighted by Crippen LogP contribution is -2.24. The highest BCUT2D eigenvalue weighted by atomic mass is 19.4. The van der Waals surface area contributed by atoms with Gasteiger partial charge in [-0.2, -0.15) is 22.5 Å². The van der Waals surface area contributed by atoms with Crippen molar-refractivity contribution in [2.24, 2.45) is 7.05 Å². The van der Waals surface area contributed by atoms with E-state index in [2.05, 4.69) is 10.4 Å². The van der Waals surface area contributed by atoms with Crippen molar-refractivity contribution in [1.82, 2.24) is 19.8 Å². The average molecular weight is 378 g/mol. The van der Waals surface area contributed by atoms with Crippen molar-refractivity contribution in [3.63, 3.8) is 0 Å². The van der Waals surface area contributed by atoms with E-state index in [-0.39, 0.29) is 17.9 Å². The molecule has 3 aromatic rings. The quantitative estimate of drug-likeness (QED) is 0.700. The molecule has 0 fully saturated rings. The first kappa shape index (κ1) is 18.7. The largest absolute Gasteiger partial charge is 0.489 e. The van der Waals surface area contributed by atoms with Crippen LogP contribution < -0.4 is 10.4 Å². The third-order valence-corrected chi connectivity index (χ3v) is 4.12. The van der Waals surface area contributed by atoms with Gasteiger partial charge in [-0.05, 0) is 53.6 Å². The fraction of sp³-hybridized carbons (Fsp3) is 0.278. The average Bonchev–Trinajstić information content (AvgIpc) is 2.93. The number of halogens is 3. The van der Waals surface area contributed by atoms with Crippen molar-refractivity contribution < 1.29 is 17.9 Å². The Balaban J connectivity index is 2.10. The molecule has 1 heterocycles. The van der Waals surface area contributed by atoms with Gasteiger partial charge in [0.05, 0.1) is 11.3 Å². The van der Waals surface area contributed by atoms with Crippen molar-refractivity contribution >= 4 is 0 Å². The van der Waals surface area contributed by atoms with E-state index in [9.17, 15) is 18.0 Å². The van der Waals surface area contributed by atoms with Crippen LogP contribution in [-0.4, -0.2) is 19.8 Å². The third kappa shape index (κ3) is 3.71. The summed E-state index contributed by atoms with van der Waals surface area (Å²) in [5, 5.41) is 7.21. The Kier molecular flexibility index (Phi) is 4.77. The first-order valence-electron chi connectivity index (χ1n) is 8.07. The Morgan fingerprint density at radius 3 is 2.48 bits per heavy atom. The fourth-order valence-corrected chi connectivity index (χ4v) is 2.67. The van der Waals surface area contributed by atoms with Gasteiger partial charge in [0.25, 0.3) is 0 Å². The number of nitrogens with zero attached hydrogens (tertiary/aromatic N) is 4. The lowest BCUT2D eigenvalue weighted by molar-refractivity contribution is -0.138. The molecule has 0 saturated heterocycles. The van der Waals surface area contributed by atoms with Crippen LogP contribution in [0.15, 0.2) is 41.2 Å². The van der Waals surface area contributed by atoms with Crippen molar-refractivity contribution in [3.05, 3.63) is 69.1 Å². The normalized spacial score (nSPS) is 11.6. The Morgan fingerprint density at radius 2 is 1.85 bits per heavy atom. The smallest absolute Gasteiger partial charge is 0.416 e. The Morgan fingerprint density at radius 1 is 1.11 bits per heavy atom. The van der Waals surface area contributed by atoms with Gasteiger partial charge < -0.3 is 4.74 Å². The Hall–Kier alpha value is -3.10. The van der Waals surface area contributed by atoms with Crippen molar-refractivity contribution in [2.75, 3.05) is 0 Å². The van der Waals surface area contributed by atoms with Crippen LogP contribution in [0.3, 0.4) is 0 Å². The molecule has 0 amide bonds. The van der Waals surface area contributed by atoms with Crippen LogP contribution in [0.25, 0.3) is 5.69 Å². The number of benzene rings is 2. The molecule has 0 aliphatic carbocycles. The molecular formula is C18H17F3N4O2. The van der Waals surface area contributed by atoms with Crippen LogP contribution in [0.1, 0.15) is 22.3 Å². The number of ether oxygens (including phenoxy) is 1. The van der Waals surface area contributed by atoms with Crippen LogP contribution >= 0.6 is 0 Å². The maximum absolute atomic E-state index is 13.5. The van der Waals surface area contributed by atoms with Crippen LogP contribution in [0.5, 0.6) is 5.75 Å². The predicted molar refractivity (Wildman–Crippen MR) is 91.9 cm³/mol. The molecule has 0 spiro atoms. The molecule has 3 rings (SSSR count). The second kappa shape index (κ2) is 6.90. The summed E-state index contributed by atoms with van der Waals surface area (Å²) in [7, 11) is 1.37. The van der Waals surface area contributed by atoms with Gasteiger partial charge >= 0.3 is 11.9 Å². The summed E-state index contributed by atoms with van der Waals surface area (Å²) in [4.78, 5) is 12.1. The summed E-state index contributed by atoms with van der Waals surface area (Å²) >= 11 is 0. The lowest BCUT2D eigenvalue weighted by atomic mass is 10.1. The van der Waals surface area contributed by atoms with Gasteiger partial charge in [0.1, 0.15) is 12.4 Å². The molecule has 27 heavy (non-hydrogen) atoms. The monoisotopic (exact) mass is 378 g/mol. The summed E-state index contributed by atoms with van der Waals surface area (Å²) < 4.78 is 48.1. The summed E-state index contributed by atoms with van der Waals surface area (Å²) in [5.74, 6) is 0.476. The van der Waals surface area contributed by atoms with E-state index >= 15 is 0 Å². The second-order valence-corrected chi connectivity index (χ2v) is 6.16. The van der Waals surface area contributed by atoms with Crippen LogP contribution in [0, 0.1) is 13.8 Å². The van der Waals surface area contributed by atoms with E-state index < -0.39 is 17.4 Å². The molecule has 1 aromatic heterocycles. The van der Waals surface area contributed by atoms with Crippen LogP contribution in [0.4, 0.5) is 13.2 Å². The van der Waals surface area contributed by atoms with E-state index in [0.29, 0.717) is 5.75 Å². The highest BCUT2D eigenvalue weighted by Gasteiger charge is 2.35. The zero-order valence-electron chi connectivity index (χ0n) is 14.9.